The molecule has 3 N–H and O–H groups in total. The third-order valence-electron chi connectivity index (χ3n) is 8.06. The van der Waals surface area contributed by atoms with Gasteiger partial charge in [-0.3, -0.25) is 0 Å². The van der Waals surface area contributed by atoms with Crippen LogP contribution < -0.4 is 15.8 Å². The second-order valence-electron chi connectivity index (χ2n) is 9.10. The van der Waals surface area contributed by atoms with Gasteiger partial charge in [0.05, 0.1) is 12.8 Å². The fourth-order valence-electron chi connectivity index (χ4n) is 6.25. The van der Waals surface area contributed by atoms with E-state index in [1.54, 1.807) is 7.11 Å². The van der Waals surface area contributed by atoms with Crippen molar-refractivity contribution in [2.75, 3.05) is 12.4 Å². The van der Waals surface area contributed by atoms with Crippen LogP contribution in [0.3, 0.4) is 0 Å². The molecule has 1 aromatic carbocycles. The van der Waals surface area contributed by atoms with E-state index in [1.165, 1.54) is 49.7 Å². The third kappa shape index (κ3) is 2.78. The van der Waals surface area contributed by atoms with Crippen molar-refractivity contribution in [1.82, 2.24) is 0 Å². The number of carbonyl (C=O) groups is 1. The molecule has 5 unspecified atom stereocenters. The Morgan fingerprint density at radius 1 is 1.27 bits per heavy atom. The molecule has 3 aliphatic rings. The first-order chi connectivity index (χ1) is 12.4. The van der Waals surface area contributed by atoms with Gasteiger partial charge >= 0.3 is 6.03 Å². The van der Waals surface area contributed by atoms with Gasteiger partial charge in [0.2, 0.25) is 0 Å². The monoisotopic (exact) mass is 356 g/mol. The number of primary amides is 1. The molecule has 3 aliphatic carbocycles. The Kier molecular flexibility index (Phi) is 4.40. The van der Waals surface area contributed by atoms with Gasteiger partial charge in [0, 0.05) is 0 Å². The lowest BCUT2D eigenvalue weighted by Gasteiger charge is -2.35. The van der Waals surface area contributed by atoms with E-state index in [9.17, 15) is 4.79 Å². The maximum atomic E-state index is 11.3. The van der Waals surface area contributed by atoms with Crippen molar-refractivity contribution in [3.63, 3.8) is 0 Å². The van der Waals surface area contributed by atoms with Gasteiger partial charge in [-0.1, -0.05) is 13.8 Å². The van der Waals surface area contributed by atoms with Gasteiger partial charge in [-0.25, -0.2) is 4.79 Å². The smallest absolute Gasteiger partial charge is 0.316 e. The molecule has 0 saturated heterocycles. The largest absolute Gasteiger partial charge is 0.495 e. The van der Waals surface area contributed by atoms with Crippen LogP contribution in [-0.2, 0) is 6.42 Å². The molecule has 0 bridgehead atoms. The molecule has 2 saturated carbocycles. The van der Waals surface area contributed by atoms with Crippen LogP contribution in [0.1, 0.15) is 69.4 Å². The molecule has 26 heavy (non-hydrogen) atoms. The number of ether oxygens (including phenoxy) is 1. The number of aryl methyl sites for hydroxylation is 1. The molecule has 2 amide bonds. The normalized spacial score (nSPS) is 35.7. The maximum Gasteiger partial charge on any atom is 0.316 e. The highest BCUT2D eigenvalue weighted by Gasteiger charge is 2.48. The van der Waals surface area contributed by atoms with Crippen LogP contribution in [0.4, 0.5) is 10.5 Å². The van der Waals surface area contributed by atoms with E-state index in [1.807, 2.05) is 0 Å². The highest BCUT2D eigenvalue weighted by molar-refractivity contribution is 5.90. The van der Waals surface area contributed by atoms with E-state index in [4.69, 9.17) is 10.5 Å². The maximum absolute atomic E-state index is 11.3. The quantitative estimate of drug-likeness (QED) is 0.777. The van der Waals surface area contributed by atoms with Crippen LogP contribution in [-0.4, -0.2) is 13.1 Å². The number of hydrogen-bond donors (Lipinski definition) is 2. The van der Waals surface area contributed by atoms with E-state index in [0.29, 0.717) is 17.0 Å². The molecule has 2 fully saturated rings. The number of nitrogens with one attached hydrogen (secondary N) is 1. The van der Waals surface area contributed by atoms with Gasteiger partial charge in [-0.15, -0.1) is 0 Å². The highest BCUT2D eigenvalue weighted by atomic mass is 16.5. The van der Waals surface area contributed by atoms with Crippen LogP contribution in [0.25, 0.3) is 0 Å². The van der Waals surface area contributed by atoms with Crippen molar-refractivity contribution in [1.29, 1.82) is 0 Å². The fraction of sp³-hybridized carbons (Fsp3) is 0.682. The Morgan fingerprint density at radius 2 is 2.08 bits per heavy atom. The summed E-state index contributed by atoms with van der Waals surface area (Å²) in [5, 5.41) is 2.72. The first-order valence-electron chi connectivity index (χ1n) is 10.2. The zero-order chi connectivity index (χ0) is 18.5. The summed E-state index contributed by atoms with van der Waals surface area (Å²) in [5.74, 6) is 3.90. The molecule has 0 aromatic heterocycles. The minimum atomic E-state index is -0.541. The number of nitrogens with two attached hydrogens (primary N) is 1. The Morgan fingerprint density at radius 3 is 2.81 bits per heavy atom. The molecule has 1 aromatic rings. The standard InChI is InChI=1S/C22H32N2O2/c1-13-4-7-16-10-14-5-6-15-11-19(24-21(23)25)20(26-3)12-18(15)17(14)8-9-22(13,16)2/h11-14,16-17H,4-10H2,1-3H3,(H3,23,24,25). The Balaban J connectivity index is 1.67. The molecule has 5 atom stereocenters. The van der Waals surface area contributed by atoms with Gasteiger partial charge in [0.25, 0.3) is 0 Å². The zero-order valence-corrected chi connectivity index (χ0v) is 16.3. The minimum absolute atomic E-state index is 0.523. The van der Waals surface area contributed by atoms with Crippen LogP contribution >= 0.6 is 0 Å². The average molecular weight is 357 g/mol. The SMILES string of the molecule is COc1cc2c(cc1NC(N)=O)CCC1CC3CCC(C)C3(C)CCC21. The molecule has 0 radical (unpaired) electrons. The number of urea groups is 1. The summed E-state index contributed by atoms with van der Waals surface area (Å²) in [6.07, 6.45) is 9.18. The van der Waals surface area contributed by atoms with Crippen molar-refractivity contribution in [3.8, 4) is 5.75 Å². The first kappa shape index (κ1) is 17.7. The lowest BCUT2D eigenvalue weighted by Crippen LogP contribution is -2.27. The van der Waals surface area contributed by atoms with Crippen LogP contribution in [0.2, 0.25) is 0 Å². The topological polar surface area (TPSA) is 64.3 Å². The lowest BCUT2D eigenvalue weighted by atomic mass is 9.70. The number of anilines is 1. The number of benzene rings is 1. The van der Waals surface area contributed by atoms with Crippen molar-refractivity contribution in [2.24, 2.45) is 28.9 Å². The Bertz CT molecular complexity index is 716. The molecule has 4 nitrogen and oxygen atoms in total. The summed E-state index contributed by atoms with van der Waals surface area (Å²) in [6.45, 7) is 5.02. The van der Waals surface area contributed by atoms with E-state index in [2.05, 4.69) is 31.3 Å². The molecular weight excluding hydrogens is 324 g/mol. The van der Waals surface area contributed by atoms with E-state index in [-0.39, 0.29) is 0 Å². The molecule has 4 rings (SSSR count). The predicted molar refractivity (Wildman–Crippen MR) is 105 cm³/mol. The van der Waals surface area contributed by atoms with Gasteiger partial charge in [0.1, 0.15) is 5.75 Å². The van der Waals surface area contributed by atoms with E-state index < -0.39 is 6.03 Å². The fourth-order valence-corrected chi connectivity index (χ4v) is 6.25. The van der Waals surface area contributed by atoms with Crippen LogP contribution in [0.15, 0.2) is 12.1 Å². The number of fused-ring (bicyclic) bond motifs is 4. The molecule has 0 aliphatic heterocycles. The minimum Gasteiger partial charge on any atom is -0.495 e. The number of rotatable bonds is 2. The molecule has 0 heterocycles. The number of hydrogen-bond acceptors (Lipinski definition) is 2. The van der Waals surface area contributed by atoms with Gasteiger partial charge in [0.15, 0.2) is 0 Å². The van der Waals surface area contributed by atoms with Crippen molar-refractivity contribution < 1.29 is 9.53 Å². The molecular formula is C22H32N2O2. The average Bonchev–Trinajstić information content (AvgIpc) is 2.79. The lowest BCUT2D eigenvalue weighted by molar-refractivity contribution is 0.149. The predicted octanol–water partition coefficient (Wildman–Crippen LogP) is 5.07. The van der Waals surface area contributed by atoms with Crippen molar-refractivity contribution >= 4 is 11.7 Å². The zero-order valence-electron chi connectivity index (χ0n) is 16.3. The summed E-state index contributed by atoms with van der Waals surface area (Å²) in [4.78, 5) is 11.3. The molecule has 4 heteroatoms. The van der Waals surface area contributed by atoms with Crippen LogP contribution in [0, 0.1) is 23.2 Å². The summed E-state index contributed by atoms with van der Waals surface area (Å²) in [5.41, 5.74) is 9.36. The second kappa shape index (κ2) is 6.47. The van der Waals surface area contributed by atoms with Crippen molar-refractivity contribution in [2.45, 2.75) is 64.7 Å². The highest BCUT2D eigenvalue weighted by Crippen LogP contribution is 2.59. The van der Waals surface area contributed by atoms with Gasteiger partial charge in [-0.2, -0.15) is 0 Å². The second-order valence-corrected chi connectivity index (χ2v) is 9.10. The number of amides is 2. The Hall–Kier alpha value is -1.71. The van der Waals surface area contributed by atoms with E-state index in [0.717, 1.165) is 29.9 Å². The first-order valence-corrected chi connectivity index (χ1v) is 10.2. The van der Waals surface area contributed by atoms with Gasteiger partial charge < -0.3 is 15.8 Å². The Labute approximate surface area is 156 Å². The summed E-state index contributed by atoms with van der Waals surface area (Å²) in [6, 6.07) is 3.72. The number of carbonyl (C=O) groups excluding carboxylic acids is 1. The molecule has 0 spiro atoms. The van der Waals surface area contributed by atoms with Crippen molar-refractivity contribution in [3.05, 3.63) is 23.3 Å². The summed E-state index contributed by atoms with van der Waals surface area (Å²) >= 11 is 0. The summed E-state index contributed by atoms with van der Waals surface area (Å²) in [7, 11) is 1.66. The van der Waals surface area contributed by atoms with E-state index >= 15 is 0 Å². The third-order valence-corrected chi connectivity index (χ3v) is 8.06. The number of methoxy groups -OCH3 is 1. The van der Waals surface area contributed by atoms with Crippen LogP contribution in [0.5, 0.6) is 5.75 Å². The molecule has 142 valence electrons. The van der Waals surface area contributed by atoms with Gasteiger partial charge in [-0.05, 0) is 97.3 Å². The summed E-state index contributed by atoms with van der Waals surface area (Å²) < 4.78 is 5.56.